The number of nitrogens with zero attached hydrogens (tertiary/aromatic N) is 2. The number of halogens is 3. The quantitative estimate of drug-likeness (QED) is 0.714. The third-order valence-corrected chi connectivity index (χ3v) is 7.79. The van der Waals surface area contributed by atoms with Crippen molar-refractivity contribution in [3.05, 3.63) is 29.1 Å². The second kappa shape index (κ2) is 9.50. The number of aromatic nitrogens is 1. The lowest BCUT2D eigenvalue weighted by Crippen LogP contribution is -2.52. The first-order valence-corrected chi connectivity index (χ1v) is 11.8. The van der Waals surface area contributed by atoms with Crippen LogP contribution in [-0.2, 0) is 33.4 Å². The molecule has 2 fully saturated rings. The van der Waals surface area contributed by atoms with E-state index in [1.807, 2.05) is 0 Å². The van der Waals surface area contributed by atoms with Crippen molar-refractivity contribution in [1.29, 1.82) is 0 Å². The van der Waals surface area contributed by atoms with Crippen LogP contribution in [0.5, 0.6) is 0 Å². The van der Waals surface area contributed by atoms with E-state index in [4.69, 9.17) is 9.47 Å². The number of alkyl halides is 3. The van der Waals surface area contributed by atoms with Gasteiger partial charge in [-0.05, 0) is 43.2 Å². The molecule has 0 radical (unpaired) electrons. The Labute approximate surface area is 193 Å². The highest BCUT2D eigenvalue weighted by atomic mass is 19.4. The summed E-state index contributed by atoms with van der Waals surface area (Å²) >= 11 is 0. The van der Waals surface area contributed by atoms with Gasteiger partial charge in [0.2, 0.25) is 5.91 Å². The molecule has 1 aliphatic carbocycles. The molecule has 3 heterocycles. The standard InChI is InChI=1S/C24H34F3N3O3/c1-15(2)23(7-4-18(11-23)29-20-6-9-33-14-21(20)32-3)22(31)30-8-5-19-16(13-30)10-17(12-28-19)24(25,26)27/h10,12,15,18,20-21,29H,4-9,11,13-14H2,1-3H3/t18-,20+,21+,23-/m1/s1. The fraction of sp³-hybridized carbons (Fsp3) is 0.750. The predicted molar refractivity (Wildman–Crippen MR) is 116 cm³/mol. The number of carbonyl (C=O) groups excluding carboxylic acids is 1. The van der Waals surface area contributed by atoms with Crippen molar-refractivity contribution in [2.45, 2.75) is 76.9 Å². The summed E-state index contributed by atoms with van der Waals surface area (Å²) in [5, 5.41) is 3.72. The maximum Gasteiger partial charge on any atom is 0.417 e. The van der Waals surface area contributed by atoms with Gasteiger partial charge in [0.25, 0.3) is 0 Å². The van der Waals surface area contributed by atoms with E-state index in [0.29, 0.717) is 37.4 Å². The van der Waals surface area contributed by atoms with Crippen molar-refractivity contribution >= 4 is 5.91 Å². The number of methoxy groups -OCH3 is 1. The lowest BCUT2D eigenvalue weighted by atomic mass is 9.74. The van der Waals surface area contributed by atoms with Gasteiger partial charge in [-0.15, -0.1) is 0 Å². The summed E-state index contributed by atoms with van der Waals surface area (Å²) in [6, 6.07) is 1.55. The van der Waals surface area contributed by atoms with E-state index in [-0.39, 0.29) is 36.6 Å². The van der Waals surface area contributed by atoms with E-state index in [9.17, 15) is 18.0 Å². The van der Waals surface area contributed by atoms with Crippen LogP contribution in [0.15, 0.2) is 12.3 Å². The number of hydrogen-bond donors (Lipinski definition) is 1. The van der Waals surface area contributed by atoms with Crippen molar-refractivity contribution in [3.8, 4) is 0 Å². The van der Waals surface area contributed by atoms with E-state index in [0.717, 1.165) is 37.9 Å². The van der Waals surface area contributed by atoms with Crippen LogP contribution in [0.4, 0.5) is 13.2 Å². The molecule has 184 valence electrons. The molecule has 6 nitrogen and oxygen atoms in total. The van der Waals surface area contributed by atoms with Crippen molar-refractivity contribution in [2.24, 2.45) is 11.3 Å². The first kappa shape index (κ1) is 24.4. The van der Waals surface area contributed by atoms with Crippen molar-refractivity contribution in [3.63, 3.8) is 0 Å². The number of amides is 1. The first-order valence-electron chi connectivity index (χ1n) is 11.8. The number of hydrogen-bond acceptors (Lipinski definition) is 5. The number of fused-ring (bicyclic) bond motifs is 1. The second-order valence-corrected chi connectivity index (χ2v) is 9.97. The van der Waals surface area contributed by atoms with Crippen molar-refractivity contribution in [2.75, 3.05) is 26.9 Å². The summed E-state index contributed by atoms with van der Waals surface area (Å²) in [6.45, 7) is 6.09. The van der Waals surface area contributed by atoms with Gasteiger partial charge in [0.05, 0.1) is 23.7 Å². The van der Waals surface area contributed by atoms with Crippen molar-refractivity contribution in [1.82, 2.24) is 15.2 Å². The second-order valence-electron chi connectivity index (χ2n) is 9.97. The lowest BCUT2D eigenvalue weighted by molar-refractivity contribution is -0.146. The summed E-state index contributed by atoms with van der Waals surface area (Å²) < 4.78 is 50.6. The van der Waals surface area contributed by atoms with Gasteiger partial charge < -0.3 is 19.7 Å². The first-order chi connectivity index (χ1) is 15.6. The molecule has 1 saturated heterocycles. The molecule has 0 unspecified atom stereocenters. The molecule has 0 aromatic carbocycles. The Morgan fingerprint density at radius 3 is 2.85 bits per heavy atom. The fourth-order valence-corrected chi connectivity index (χ4v) is 5.69. The average molecular weight is 470 g/mol. The third kappa shape index (κ3) is 4.91. The molecule has 1 aromatic rings. The van der Waals surface area contributed by atoms with Crippen LogP contribution < -0.4 is 5.32 Å². The molecule has 1 aromatic heterocycles. The minimum absolute atomic E-state index is 0.00238. The summed E-state index contributed by atoms with van der Waals surface area (Å²) in [4.78, 5) is 19.6. The highest BCUT2D eigenvalue weighted by molar-refractivity contribution is 5.83. The molecular formula is C24H34F3N3O3. The zero-order chi connectivity index (χ0) is 23.8. The zero-order valence-corrected chi connectivity index (χ0v) is 19.6. The highest BCUT2D eigenvalue weighted by Gasteiger charge is 2.50. The number of rotatable bonds is 5. The maximum atomic E-state index is 13.8. The Balaban J connectivity index is 1.48. The molecule has 3 aliphatic rings. The lowest BCUT2D eigenvalue weighted by Gasteiger charge is -2.40. The molecule has 0 bridgehead atoms. The number of carbonyl (C=O) groups is 1. The minimum Gasteiger partial charge on any atom is -0.379 e. The van der Waals surface area contributed by atoms with Crippen LogP contribution in [0.3, 0.4) is 0 Å². The highest BCUT2D eigenvalue weighted by Crippen LogP contribution is 2.47. The maximum absolute atomic E-state index is 13.8. The molecule has 4 rings (SSSR count). The van der Waals surface area contributed by atoms with Crippen LogP contribution in [0.25, 0.3) is 0 Å². The third-order valence-electron chi connectivity index (χ3n) is 7.79. The molecule has 9 heteroatoms. The molecule has 4 atom stereocenters. The van der Waals surface area contributed by atoms with Crippen molar-refractivity contribution < 1.29 is 27.4 Å². The van der Waals surface area contributed by atoms with E-state index in [2.05, 4.69) is 24.1 Å². The van der Waals surface area contributed by atoms with Gasteiger partial charge in [0.1, 0.15) is 0 Å². The largest absolute Gasteiger partial charge is 0.417 e. The molecule has 33 heavy (non-hydrogen) atoms. The summed E-state index contributed by atoms with van der Waals surface area (Å²) in [6.07, 6.45) is 0.180. The Hall–Kier alpha value is -1.71. The monoisotopic (exact) mass is 469 g/mol. The van der Waals surface area contributed by atoms with E-state index in [1.54, 1.807) is 12.0 Å². The van der Waals surface area contributed by atoms with Gasteiger partial charge in [-0.3, -0.25) is 9.78 Å². The zero-order valence-electron chi connectivity index (χ0n) is 19.6. The summed E-state index contributed by atoms with van der Waals surface area (Å²) in [7, 11) is 1.69. The van der Waals surface area contributed by atoms with Gasteiger partial charge in [0.15, 0.2) is 0 Å². The van der Waals surface area contributed by atoms with E-state index >= 15 is 0 Å². The molecule has 1 amide bonds. The van der Waals surface area contributed by atoms with Gasteiger partial charge in [-0.25, -0.2) is 0 Å². The van der Waals surface area contributed by atoms with Gasteiger partial charge in [-0.1, -0.05) is 13.8 Å². The number of ether oxygens (including phenoxy) is 2. The van der Waals surface area contributed by atoms with Gasteiger partial charge in [0, 0.05) is 57.2 Å². The van der Waals surface area contributed by atoms with Crippen LogP contribution in [-0.4, -0.2) is 60.8 Å². The van der Waals surface area contributed by atoms with E-state index in [1.165, 1.54) is 0 Å². The Morgan fingerprint density at radius 2 is 2.15 bits per heavy atom. The minimum atomic E-state index is -4.44. The molecule has 2 aliphatic heterocycles. The summed E-state index contributed by atoms with van der Waals surface area (Å²) in [5.41, 5.74) is -0.121. The number of pyridine rings is 1. The van der Waals surface area contributed by atoms with Crippen LogP contribution >= 0.6 is 0 Å². The molecular weight excluding hydrogens is 435 g/mol. The average Bonchev–Trinajstić information content (AvgIpc) is 3.23. The smallest absolute Gasteiger partial charge is 0.379 e. The predicted octanol–water partition coefficient (Wildman–Crippen LogP) is 3.57. The SMILES string of the molecule is CO[C@H]1COCC[C@@H]1N[C@@H]1CC[C@](C(=O)N2CCc3ncc(C(F)(F)F)cc3C2)(C(C)C)C1. The Kier molecular flexibility index (Phi) is 7.03. The summed E-state index contributed by atoms with van der Waals surface area (Å²) in [5.74, 6) is 0.186. The van der Waals surface area contributed by atoms with Gasteiger partial charge >= 0.3 is 6.18 Å². The normalized spacial score (nSPS) is 30.5. The van der Waals surface area contributed by atoms with Crippen LogP contribution in [0.1, 0.15) is 56.4 Å². The van der Waals surface area contributed by atoms with Crippen LogP contribution in [0, 0.1) is 11.3 Å². The number of nitrogens with one attached hydrogen (secondary N) is 1. The Bertz CT molecular complexity index is 863. The van der Waals surface area contributed by atoms with Gasteiger partial charge in [-0.2, -0.15) is 13.2 Å². The molecule has 1 N–H and O–H groups in total. The Morgan fingerprint density at radius 1 is 1.36 bits per heavy atom. The molecule has 1 saturated carbocycles. The fourth-order valence-electron chi connectivity index (χ4n) is 5.69. The van der Waals surface area contributed by atoms with Crippen LogP contribution in [0.2, 0.25) is 0 Å². The van der Waals surface area contributed by atoms with E-state index < -0.39 is 17.2 Å². The topological polar surface area (TPSA) is 63.7 Å². The molecule has 0 spiro atoms.